The van der Waals surface area contributed by atoms with Crippen molar-refractivity contribution in [1.29, 1.82) is 0 Å². The van der Waals surface area contributed by atoms with Crippen molar-refractivity contribution in [3.8, 4) is 5.75 Å². The Hall–Kier alpha value is -4.73. The summed E-state index contributed by atoms with van der Waals surface area (Å²) in [4.78, 5) is 41.3. The molecule has 1 atom stereocenters. The van der Waals surface area contributed by atoms with E-state index < -0.39 is 6.04 Å². The lowest BCUT2D eigenvalue weighted by atomic mass is 10.0. The number of rotatable bonds is 9. The number of methoxy groups -OCH3 is 1. The van der Waals surface area contributed by atoms with E-state index in [4.69, 9.17) is 4.74 Å². The molecule has 4 aromatic rings. The summed E-state index contributed by atoms with van der Waals surface area (Å²) in [5.74, 6) is -0.254. The number of aromatic nitrogens is 3. The van der Waals surface area contributed by atoms with Crippen LogP contribution in [0.1, 0.15) is 44.2 Å². The lowest BCUT2D eigenvalue weighted by Crippen LogP contribution is -2.47. The maximum absolute atomic E-state index is 14.2. The highest BCUT2D eigenvalue weighted by molar-refractivity contribution is 6.02. The predicted octanol–water partition coefficient (Wildman–Crippen LogP) is 4.23. The number of carbonyl (C=O) groups excluding carboxylic acids is 3. The molecule has 5 rings (SSSR count). The summed E-state index contributed by atoms with van der Waals surface area (Å²) in [6.07, 6.45) is 3.92. The molecular formula is C30H32N6O4. The molecule has 206 valence electrons. The molecule has 0 saturated heterocycles. The van der Waals surface area contributed by atoms with Crippen LogP contribution in [0.2, 0.25) is 0 Å². The van der Waals surface area contributed by atoms with Gasteiger partial charge in [-0.3, -0.25) is 19.3 Å². The molecule has 2 N–H and O–H groups in total. The number of nitrogens with one attached hydrogen (secondary N) is 2. The van der Waals surface area contributed by atoms with Crippen LogP contribution >= 0.6 is 0 Å². The van der Waals surface area contributed by atoms with Crippen molar-refractivity contribution in [2.24, 2.45) is 0 Å². The number of ether oxygens (including phenoxy) is 1. The van der Waals surface area contributed by atoms with Crippen molar-refractivity contribution in [2.75, 3.05) is 17.3 Å². The van der Waals surface area contributed by atoms with Crippen LogP contribution in [0.4, 0.5) is 11.4 Å². The number of carbonyl (C=O) groups is 3. The number of nitrogens with zero attached hydrogens (tertiary/aromatic N) is 4. The zero-order valence-corrected chi connectivity index (χ0v) is 22.5. The minimum absolute atomic E-state index is 0.0546. The van der Waals surface area contributed by atoms with Crippen LogP contribution in [-0.4, -0.2) is 45.9 Å². The molecule has 3 aromatic carbocycles. The highest BCUT2D eigenvalue weighted by atomic mass is 16.5. The Labute approximate surface area is 232 Å². The van der Waals surface area contributed by atoms with Crippen molar-refractivity contribution in [3.63, 3.8) is 0 Å². The van der Waals surface area contributed by atoms with Crippen molar-refractivity contribution in [1.82, 2.24) is 20.3 Å². The third-order valence-corrected chi connectivity index (χ3v) is 7.06. The fraction of sp³-hybridized carbons (Fsp3) is 0.300. The van der Waals surface area contributed by atoms with Crippen LogP contribution < -0.4 is 20.3 Å². The van der Waals surface area contributed by atoms with Gasteiger partial charge in [0.1, 0.15) is 23.9 Å². The van der Waals surface area contributed by atoms with Gasteiger partial charge < -0.3 is 15.4 Å². The van der Waals surface area contributed by atoms with E-state index in [0.29, 0.717) is 33.7 Å². The highest BCUT2D eigenvalue weighted by Gasteiger charge is 2.35. The molecule has 0 unspecified atom stereocenters. The first-order chi connectivity index (χ1) is 19.4. The maximum atomic E-state index is 14.2. The van der Waals surface area contributed by atoms with E-state index in [-0.39, 0.29) is 30.3 Å². The van der Waals surface area contributed by atoms with Crippen LogP contribution in [0.15, 0.2) is 72.8 Å². The molecule has 1 aliphatic carbocycles. The molecule has 40 heavy (non-hydrogen) atoms. The van der Waals surface area contributed by atoms with Crippen molar-refractivity contribution >= 4 is 40.1 Å². The molecule has 0 radical (unpaired) electrons. The lowest BCUT2D eigenvalue weighted by Gasteiger charge is -2.32. The summed E-state index contributed by atoms with van der Waals surface area (Å²) in [5, 5.41) is 14.3. The molecule has 1 saturated carbocycles. The highest BCUT2D eigenvalue weighted by Crippen LogP contribution is 2.32. The Morgan fingerprint density at radius 3 is 2.50 bits per heavy atom. The van der Waals surface area contributed by atoms with Gasteiger partial charge in [-0.05, 0) is 66.9 Å². The Morgan fingerprint density at radius 2 is 1.77 bits per heavy atom. The van der Waals surface area contributed by atoms with Crippen LogP contribution in [0.3, 0.4) is 0 Å². The molecular weight excluding hydrogens is 508 g/mol. The third-order valence-electron chi connectivity index (χ3n) is 7.06. The van der Waals surface area contributed by atoms with Crippen LogP contribution in [-0.2, 0) is 20.9 Å². The zero-order chi connectivity index (χ0) is 28.1. The van der Waals surface area contributed by atoms with Gasteiger partial charge in [-0.1, -0.05) is 42.3 Å². The second-order valence-corrected chi connectivity index (χ2v) is 9.90. The van der Waals surface area contributed by atoms with E-state index in [0.717, 1.165) is 25.7 Å². The van der Waals surface area contributed by atoms with Gasteiger partial charge in [0, 0.05) is 24.3 Å². The molecule has 0 spiro atoms. The molecule has 1 aromatic heterocycles. The lowest BCUT2D eigenvalue weighted by molar-refractivity contribution is -0.127. The number of fused-ring (bicyclic) bond motifs is 1. The molecule has 3 amide bonds. The normalized spacial score (nSPS) is 14.1. The number of benzene rings is 3. The summed E-state index contributed by atoms with van der Waals surface area (Å²) in [6, 6.07) is 20.5. The Balaban J connectivity index is 1.58. The maximum Gasteiger partial charge on any atom is 0.249 e. The number of hydrogen-bond acceptors (Lipinski definition) is 6. The van der Waals surface area contributed by atoms with Gasteiger partial charge >= 0.3 is 0 Å². The zero-order valence-electron chi connectivity index (χ0n) is 22.5. The minimum Gasteiger partial charge on any atom is -0.497 e. The first-order valence-corrected chi connectivity index (χ1v) is 13.3. The van der Waals surface area contributed by atoms with E-state index in [2.05, 4.69) is 20.9 Å². The average molecular weight is 541 g/mol. The van der Waals surface area contributed by atoms with Gasteiger partial charge in [0.05, 0.1) is 12.6 Å². The minimum atomic E-state index is -0.982. The Morgan fingerprint density at radius 1 is 1.02 bits per heavy atom. The third kappa shape index (κ3) is 5.96. The standard InChI is InChI=1S/C30H32N6O4/c1-20(37)31-23-14-16-24(17-15-23)36(28(38)19-35-27-13-6-5-12-26(27)33-34-35)29(21-8-7-11-25(18-21)40-2)30(39)32-22-9-3-4-10-22/h5-8,11-18,22,29H,3-4,9-10,19H2,1-2H3,(H,31,37)(H,32,39)/t29-/m0/s1. The monoisotopic (exact) mass is 540 g/mol. The van der Waals surface area contributed by atoms with E-state index in [1.807, 2.05) is 30.3 Å². The Kier molecular flexibility index (Phi) is 8.04. The van der Waals surface area contributed by atoms with Gasteiger partial charge in [0.2, 0.25) is 17.7 Å². The van der Waals surface area contributed by atoms with E-state index in [1.54, 1.807) is 49.6 Å². The summed E-state index contributed by atoms with van der Waals surface area (Å²) in [5.41, 5.74) is 3.07. The summed E-state index contributed by atoms with van der Waals surface area (Å²) >= 11 is 0. The topological polar surface area (TPSA) is 118 Å². The summed E-state index contributed by atoms with van der Waals surface area (Å²) in [6.45, 7) is 1.30. The largest absolute Gasteiger partial charge is 0.497 e. The fourth-order valence-electron chi connectivity index (χ4n) is 5.16. The molecule has 0 bridgehead atoms. The first-order valence-electron chi connectivity index (χ1n) is 13.3. The van der Waals surface area contributed by atoms with Crippen LogP contribution in [0, 0.1) is 0 Å². The van der Waals surface area contributed by atoms with Crippen LogP contribution in [0.5, 0.6) is 5.75 Å². The molecule has 1 aliphatic rings. The van der Waals surface area contributed by atoms with Crippen LogP contribution in [0.25, 0.3) is 11.0 Å². The van der Waals surface area contributed by atoms with Gasteiger partial charge in [-0.15, -0.1) is 5.10 Å². The number of anilines is 2. The van der Waals surface area contributed by atoms with Crippen molar-refractivity contribution in [3.05, 3.63) is 78.4 Å². The second kappa shape index (κ2) is 12.0. The summed E-state index contributed by atoms with van der Waals surface area (Å²) in [7, 11) is 1.56. The van der Waals surface area contributed by atoms with E-state index in [9.17, 15) is 14.4 Å². The summed E-state index contributed by atoms with van der Waals surface area (Å²) < 4.78 is 6.99. The SMILES string of the molecule is COc1cccc([C@@H](C(=O)NC2CCCC2)N(C(=O)Cn2nnc3ccccc32)c2ccc(NC(C)=O)cc2)c1. The quantitative estimate of drug-likeness (QED) is 0.328. The number of amides is 3. The average Bonchev–Trinajstić information content (AvgIpc) is 3.62. The molecule has 10 heteroatoms. The smallest absolute Gasteiger partial charge is 0.249 e. The molecule has 1 fully saturated rings. The molecule has 10 nitrogen and oxygen atoms in total. The first kappa shape index (κ1) is 26.9. The number of hydrogen-bond donors (Lipinski definition) is 2. The van der Waals surface area contributed by atoms with Gasteiger partial charge in [0.25, 0.3) is 0 Å². The number of para-hydroxylation sites is 1. The van der Waals surface area contributed by atoms with Gasteiger partial charge in [-0.25, -0.2) is 4.68 Å². The second-order valence-electron chi connectivity index (χ2n) is 9.90. The van der Waals surface area contributed by atoms with Crippen molar-refractivity contribution < 1.29 is 19.1 Å². The van der Waals surface area contributed by atoms with Gasteiger partial charge in [-0.2, -0.15) is 0 Å². The van der Waals surface area contributed by atoms with Crippen molar-refractivity contribution in [2.45, 2.75) is 51.2 Å². The fourth-order valence-corrected chi connectivity index (χ4v) is 5.16. The van der Waals surface area contributed by atoms with E-state index in [1.165, 1.54) is 16.5 Å². The van der Waals surface area contributed by atoms with E-state index >= 15 is 0 Å². The Bertz CT molecular complexity index is 1510. The predicted molar refractivity (Wildman–Crippen MR) is 152 cm³/mol. The van der Waals surface area contributed by atoms with Gasteiger partial charge in [0.15, 0.2) is 0 Å². The molecule has 1 heterocycles. The molecule has 0 aliphatic heterocycles.